The molecule has 3 rings (SSSR count). The summed E-state index contributed by atoms with van der Waals surface area (Å²) in [6.07, 6.45) is 2.79. The van der Waals surface area contributed by atoms with Gasteiger partial charge in [0.05, 0.1) is 5.02 Å². The third-order valence-corrected chi connectivity index (χ3v) is 4.02. The Morgan fingerprint density at radius 2 is 2.16 bits per heavy atom. The molecule has 0 aliphatic carbocycles. The number of pyridine rings is 1. The fourth-order valence-electron chi connectivity index (χ4n) is 2.69. The highest BCUT2D eigenvalue weighted by Crippen LogP contribution is 2.40. The van der Waals surface area contributed by atoms with Crippen LogP contribution in [0.1, 0.15) is 18.1 Å². The Hall–Kier alpha value is -1.58. The molecule has 0 radical (unpaired) electrons. The molecule has 0 saturated heterocycles. The molecule has 1 aliphatic heterocycles. The number of fused-ring (bicyclic) bond motifs is 1. The number of nitrogens with two attached hydrogens (primary N) is 1. The number of hydrogen-bond donors (Lipinski definition) is 1. The molecule has 4 heteroatoms. The fraction of sp³-hybridized carbons (Fsp3) is 0.267. The summed E-state index contributed by atoms with van der Waals surface area (Å²) in [6, 6.07) is 10.6. The number of halogens is 1. The molecule has 1 unspecified atom stereocenters. The highest BCUT2D eigenvalue weighted by atomic mass is 35.5. The molecule has 1 aromatic heterocycles. The minimum atomic E-state index is 0.357. The molecule has 0 fully saturated rings. The van der Waals surface area contributed by atoms with Gasteiger partial charge in [0.25, 0.3) is 0 Å². The second kappa shape index (κ2) is 4.83. The standard InChI is InChI=1S/C15H16ClN3/c1-10-8-11-4-2-3-5-13(11)19(10)15-14(16)12(9-17)6-7-18-15/h2-7,10H,8-9,17H2,1H3. The maximum atomic E-state index is 6.44. The number of aromatic nitrogens is 1. The van der Waals surface area contributed by atoms with E-state index in [1.165, 1.54) is 11.3 Å². The lowest BCUT2D eigenvalue weighted by atomic mass is 10.1. The van der Waals surface area contributed by atoms with Crippen LogP contribution >= 0.6 is 11.6 Å². The zero-order chi connectivity index (χ0) is 13.4. The van der Waals surface area contributed by atoms with Crippen molar-refractivity contribution in [1.82, 2.24) is 4.98 Å². The van der Waals surface area contributed by atoms with Crippen LogP contribution in [0, 0.1) is 0 Å². The van der Waals surface area contributed by atoms with E-state index in [0.717, 1.165) is 17.8 Å². The second-order valence-corrected chi connectivity index (χ2v) is 5.24. The number of benzene rings is 1. The average molecular weight is 274 g/mol. The van der Waals surface area contributed by atoms with Crippen LogP contribution in [0.2, 0.25) is 5.02 Å². The minimum Gasteiger partial charge on any atom is -0.326 e. The molecular formula is C15H16ClN3. The molecule has 1 aliphatic rings. The van der Waals surface area contributed by atoms with Crippen molar-refractivity contribution in [3.05, 3.63) is 52.7 Å². The number of anilines is 2. The quantitative estimate of drug-likeness (QED) is 0.913. The van der Waals surface area contributed by atoms with Crippen molar-refractivity contribution in [2.45, 2.75) is 25.9 Å². The highest BCUT2D eigenvalue weighted by molar-refractivity contribution is 6.33. The van der Waals surface area contributed by atoms with E-state index in [-0.39, 0.29) is 0 Å². The van der Waals surface area contributed by atoms with E-state index in [1.807, 2.05) is 12.1 Å². The molecule has 1 aromatic carbocycles. The van der Waals surface area contributed by atoms with E-state index in [2.05, 4.69) is 35.0 Å². The average Bonchev–Trinajstić information content (AvgIpc) is 2.75. The van der Waals surface area contributed by atoms with E-state index >= 15 is 0 Å². The van der Waals surface area contributed by atoms with Crippen LogP contribution in [-0.4, -0.2) is 11.0 Å². The summed E-state index contributed by atoms with van der Waals surface area (Å²) in [7, 11) is 0. The molecule has 3 nitrogen and oxygen atoms in total. The third kappa shape index (κ3) is 1.99. The van der Waals surface area contributed by atoms with Crippen LogP contribution < -0.4 is 10.6 Å². The second-order valence-electron chi connectivity index (χ2n) is 4.86. The molecule has 98 valence electrons. The molecule has 2 heterocycles. The first-order valence-electron chi connectivity index (χ1n) is 6.43. The molecule has 2 N–H and O–H groups in total. The van der Waals surface area contributed by atoms with Gasteiger partial charge in [0.1, 0.15) is 0 Å². The Balaban J connectivity index is 2.12. The van der Waals surface area contributed by atoms with Crippen LogP contribution in [0.15, 0.2) is 36.5 Å². The lowest BCUT2D eigenvalue weighted by Crippen LogP contribution is -2.25. The SMILES string of the molecule is CC1Cc2ccccc2N1c1nccc(CN)c1Cl. The van der Waals surface area contributed by atoms with Gasteiger partial charge in [0.2, 0.25) is 0 Å². The van der Waals surface area contributed by atoms with Gasteiger partial charge in [-0.1, -0.05) is 29.8 Å². The number of hydrogen-bond acceptors (Lipinski definition) is 3. The zero-order valence-electron chi connectivity index (χ0n) is 10.8. The van der Waals surface area contributed by atoms with Crippen molar-refractivity contribution in [3.8, 4) is 0 Å². The fourth-order valence-corrected chi connectivity index (χ4v) is 2.97. The van der Waals surface area contributed by atoms with Crippen molar-refractivity contribution in [1.29, 1.82) is 0 Å². The smallest absolute Gasteiger partial charge is 0.152 e. The van der Waals surface area contributed by atoms with Gasteiger partial charge in [0.15, 0.2) is 5.82 Å². The van der Waals surface area contributed by atoms with E-state index in [9.17, 15) is 0 Å². The maximum Gasteiger partial charge on any atom is 0.152 e. The number of nitrogens with zero attached hydrogens (tertiary/aromatic N) is 2. The van der Waals surface area contributed by atoms with Crippen molar-refractivity contribution in [3.63, 3.8) is 0 Å². The van der Waals surface area contributed by atoms with Crippen LogP contribution in [0.3, 0.4) is 0 Å². The van der Waals surface area contributed by atoms with Gasteiger partial charge in [-0.3, -0.25) is 0 Å². The first-order valence-corrected chi connectivity index (χ1v) is 6.80. The summed E-state index contributed by atoms with van der Waals surface area (Å²) in [4.78, 5) is 6.66. The summed E-state index contributed by atoms with van der Waals surface area (Å²) in [5.74, 6) is 0.807. The summed E-state index contributed by atoms with van der Waals surface area (Å²) < 4.78 is 0. The van der Waals surface area contributed by atoms with Gasteiger partial charge < -0.3 is 10.6 Å². The van der Waals surface area contributed by atoms with Crippen LogP contribution in [0.25, 0.3) is 0 Å². The highest BCUT2D eigenvalue weighted by Gasteiger charge is 2.29. The number of para-hydroxylation sites is 1. The van der Waals surface area contributed by atoms with Crippen molar-refractivity contribution in [2.24, 2.45) is 5.73 Å². The first kappa shape index (κ1) is 12.5. The van der Waals surface area contributed by atoms with Gasteiger partial charge in [-0.25, -0.2) is 4.98 Å². The molecule has 19 heavy (non-hydrogen) atoms. The molecule has 0 amide bonds. The zero-order valence-corrected chi connectivity index (χ0v) is 11.6. The van der Waals surface area contributed by atoms with Gasteiger partial charge in [0, 0.05) is 24.5 Å². The molecule has 0 spiro atoms. The van der Waals surface area contributed by atoms with Gasteiger partial charge in [-0.2, -0.15) is 0 Å². The van der Waals surface area contributed by atoms with Gasteiger partial charge in [-0.05, 0) is 36.6 Å². The van der Waals surface area contributed by atoms with Crippen LogP contribution in [0.5, 0.6) is 0 Å². The normalized spacial score (nSPS) is 17.6. The van der Waals surface area contributed by atoms with Gasteiger partial charge in [-0.15, -0.1) is 0 Å². The maximum absolute atomic E-state index is 6.44. The van der Waals surface area contributed by atoms with Crippen molar-refractivity contribution < 1.29 is 0 Å². The van der Waals surface area contributed by atoms with Crippen molar-refractivity contribution in [2.75, 3.05) is 4.90 Å². The van der Waals surface area contributed by atoms with Crippen LogP contribution in [0.4, 0.5) is 11.5 Å². The predicted molar refractivity (Wildman–Crippen MR) is 78.9 cm³/mol. The van der Waals surface area contributed by atoms with E-state index < -0.39 is 0 Å². The van der Waals surface area contributed by atoms with Crippen LogP contribution in [-0.2, 0) is 13.0 Å². The van der Waals surface area contributed by atoms with Crippen molar-refractivity contribution >= 4 is 23.1 Å². The Labute approximate surface area is 118 Å². The summed E-state index contributed by atoms with van der Waals surface area (Å²) >= 11 is 6.44. The minimum absolute atomic E-state index is 0.357. The lowest BCUT2D eigenvalue weighted by molar-refractivity contribution is 0.749. The molecule has 0 bridgehead atoms. The third-order valence-electron chi connectivity index (χ3n) is 3.61. The molecule has 0 saturated carbocycles. The topological polar surface area (TPSA) is 42.2 Å². The summed E-state index contributed by atoms with van der Waals surface area (Å²) in [5.41, 5.74) is 9.18. The summed E-state index contributed by atoms with van der Waals surface area (Å²) in [6.45, 7) is 2.62. The Morgan fingerprint density at radius 1 is 1.37 bits per heavy atom. The van der Waals surface area contributed by atoms with E-state index in [0.29, 0.717) is 17.6 Å². The van der Waals surface area contributed by atoms with Gasteiger partial charge >= 0.3 is 0 Å². The predicted octanol–water partition coefficient (Wildman–Crippen LogP) is 3.28. The number of rotatable bonds is 2. The Morgan fingerprint density at radius 3 is 2.95 bits per heavy atom. The lowest BCUT2D eigenvalue weighted by Gasteiger charge is -2.25. The Bertz CT molecular complexity index is 612. The molecule has 2 aromatic rings. The monoisotopic (exact) mass is 273 g/mol. The molecule has 1 atom stereocenters. The largest absolute Gasteiger partial charge is 0.326 e. The first-order chi connectivity index (χ1) is 9.22. The van der Waals surface area contributed by atoms with E-state index in [1.54, 1.807) is 6.20 Å². The Kier molecular flexibility index (Phi) is 3.17. The summed E-state index contributed by atoms with van der Waals surface area (Å²) in [5, 5.41) is 0.661. The molecular weight excluding hydrogens is 258 g/mol. The van der Waals surface area contributed by atoms with E-state index in [4.69, 9.17) is 17.3 Å².